The predicted octanol–water partition coefficient (Wildman–Crippen LogP) is 0.744. The maximum Gasteiger partial charge on any atom is 0.324 e. The zero-order valence-electron chi connectivity index (χ0n) is 10.1. The Morgan fingerprint density at radius 3 is 2.12 bits per heavy atom. The van der Waals surface area contributed by atoms with Crippen LogP contribution in [0.3, 0.4) is 0 Å². The molecule has 0 heterocycles. The van der Waals surface area contributed by atoms with Gasteiger partial charge in [0.2, 0.25) is 0 Å². The van der Waals surface area contributed by atoms with Crippen LogP contribution in [0.5, 0.6) is 0 Å². The lowest BCUT2D eigenvalue weighted by atomic mass is 9.81. The molecule has 0 saturated heterocycles. The highest BCUT2D eigenvalue weighted by Crippen LogP contribution is 2.67. The van der Waals surface area contributed by atoms with Crippen LogP contribution in [0.15, 0.2) is 0 Å². The van der Waals surface area contributed by atoms with E-state index in [0.29, 0.717) is 6.42 Å². The number of aliphatic carboxylic acids is 1. The third-order valence-electron chi connectivity index (χ3n) is 3.97. The number of nitrogens with one attached hydrogen (secondary N) is 1. The average molecular weight is 247 g/mol. The average Bonchev–Trinajstić information content (AvgIpc) is 2.80. The summed E-state index contributed by atoms with van der Waals surface area (Å²) >= 11 is 0. The molecular weight excluding hydrogens is 229 g/mol. The summed E-state index contributed by atoms with van der Waals surface area (Å²) in [6.07, 6.45) is -0.427. The van der Waals surface area contributed by atoms with Crippen molar-refractivity contribution in [2.75, 3.05) is 7.05 Å². The van der Waals surface area contributed by atoms with Crippen LogP contribution in [0.4, 0.5) is 4.39 Å². The van der Waals surface area contributed by atoms with E-state index in [1.54, 1.807) is 7.05 Å². The van der Waals surface area contributed by atoms with Crippen LogP contribution < -0.4 is 5.32 Å². The summed E-state index contributed by atoms with van der Waals surface area (Å²) in [6, 6.07) is 0. The first-order valence-electron chi connectivity index (χ1n) is 5.42. The van der Waals surface area contributed by atoms with Crippen LogP contribution >= 0.6 is 0 Å². The molecule has 6 heteroatoms. The Morgan fingerprint density at radius 1 is 1.47 bits per heavy atom. The SMILES string of the molecule is CNC1(C(=O)O)CC(C)(C)C2C(F)C21.O=CO. The summed E-state index contributed by atoms with van der Waals surface area (Å²) in [6.45, 7) is 3.65. The van der Waals surface area contributed by atoms with Gasteiger partial charge in [-0.1, -0.05) is 13.8 Å². The fourth-order valence-electron chi connectivity index (χ4n) is 3.30. The number of fused-ring (bicyclic) bond motifs is 1. The monoisotopic (exact) mass is 247 g/mol. The van der Waals surface area contributed by atoms with Crippen LogP contribution in [0.1, 0.15) is 20.3 Å². The maximum atomic E-state index is 13.5. The first kappa shape index (κ1) is 13.9. The van der Waals surface area contributed by atoms with Crippen molar-refractivity contribution in [2.24, 2.45) is 17.3 Å². The number of hydrogen-bond donors (Lipinski definition) is 3. The number of hydrogen-bond acceptors (Lipinski definition) is 3. The largest absolute Gasteiger partial charge is 0.483 e. The summed E-state index contributed by atoms with van der Waals surface area (Å²) in [5.41, 5.74) is -1.24. The molecule has 98 valence electrons. The Balaban J connectivity index is 0.000000437. The number of likely N-dealkylation sites (N-methyl/N-ethyl adjacent to an activating group) is 1. The summed E-state index contributed by atoms with van der Waals surface area (Å²) in [5.74, 6) is -1.33. The molecule has 17 heavy (non-hydrogen) atoms. The molecule has 0 spiro atoms. The minimum Gasteiger partial charge on any atom is -0.483 e. The molecule has 0 aromatic rings. The molecule has 2 fully saturated rings. The van der Waals surface area contributed by atoms with Crippen LogP contribution in [-0.2, 0) is 9.59 Å². The van der Waals surface area contributed by atoms with Gasteiger partial charge in [0.1, 0.15) is 11.7 Å². The van der Waals surface area contributed by atoms with Crippen molar-refractivity contribution in [3.8, 4) is 0 Å². The van der Waals surface area contributed by atoms with Crippen LogP contribution in [0.2, 0.25) is 0 Å². The van der Waals surface area contributed by atoms with Crippen molar-refractivity contribution in [2.45, 2.75) is 32.0 Å². The quantitative estimate of drug-likeness (QED) is 0.627. The fourth-order valence-corrected chi connectivity index (χ4v) is 3.30. The summed E-state index contributed by atoms with van der Waals surface area (Å²) in [5, 5.41) is 18.9. The van der Waals surface area contributed by atoms with Crippen LogP contribution in [-0.4, -0.2) is 41.4 Å². The lowest BCUT2D eigenvalue weighted by Crippen LogP contribution is -2.52. The molecule has 2 rings (SSSR count). The second-order valence-corrected chi connectivity index (χ2v) is 5.29. The third kappa shape index (κ3) is 1.90. The van der Waals surface area contributed by atoms with Crippen LogP contribution in [0.25, 0.3) is 0 Å². The Labute approximate surface area is 99.0 Å². The number of alkyl halides is 1. The van der Waals surface area contributed by atoms with Gasteiger partial charge in [0.05, 0.1) is 0 Å². The Hall–Kier alpha value is -1.17. The van der Waals surface area contributed by atoms with Gasteiger partial charge in [-0.3, -0.25) is 9.59 Å². The lowest BCUT2D eigenvalue weighted by Gasteiger charge is -2.31. The molecule has 2 aliphatic carbocycles. The zero-order chi connectivity index (χ0) is 13.4. The van der Waals surface area contributed by atoms with Gasteiger partial charge in [-0.25, -0.2) is 4.39 Å². The van der Waals surface area contributed by atoms with E-state index in [1.165, 1.54) is 0 Å². The normalized spacial score (nSPS) is 40.8. The molecule has 2 saturated carbocycles. The number of carbonyl (C=O) groups is 2. The van der Waals surface area contributed by atoms with Gasteiger partial charge in [0.25, 0.3) is 6.47 Å². The van der Waals surface area contributed by atoms with Gasteiger partial charge in [-0.2, -0.15) is 0 Å². The van der Waals surface area contributed by atoms with E-state index in [-0.39, 0.29) is 23.7 Å². The third-order valence-corrected chi connectivity index (χ3v) is 3.97. The molecule has 0 aromatic carbocycles. The molecule has 0 aromatic heterocycles. The number of halogens is 1. The van der Waals surface area contributed by atoms with E-state index >= 15 is 0 Å². The molecule has 4 unspecified atom stereocenters. The highest BCUT2D eigenvalue weighted by Gasteiger charge is 2.75. The van der Waals surface area contributed by atoms with Crippen molar-refractivity contribution >= 4 is 12.4 Å². The molecule has 5 nitrogen and oxygen atoms in total. The summed E-state index contributed by atoms with van der Waals surface area (Å²) < 4.78 is 13.5. The van der Waals surface area contributed by atoms with E-state index in [0.717, 1.165) is 0 Å². The summed E-state index contributed by atoms with van der Waals surface area (Å²) in [4.78, 5) is 19.6. The number of carboxylic acid groups (broad SMARTS) is 2. The fraction of sp³-hybridized carbons (Fsp3) is 0.818. The van der Waals surface area contributed by atoms with Crippen molar-refractivity contribution in [3.63, 3.8) is 0 Å². The van der Waals surface area contributed by atoms with E-state index < -0.39 is 17.7 Å². The minimum atomic E-state index is -1.03. The van der Waals surface area contributed by atoms with Crippen molar-refractivity contribution < 1.29 is 24.2 Å². The topological polar surface area (TPSA) is 86.6 Å². The number of rotatable bonds is 2. The smallest absolute Gasteiger partial charge is 0.324 e. The molecular formula is C11H18FNO4. The van der Waals surface area contributed by atoms with Gasteiger partial charge >= 0.3 is 5.97 Å². The first-order chi connectivity index (χ1) is 7.78. The Morgan fingerprint density at radius 2 is 1.94 bits per heavy atom. The van der Waals surface area contributed by atoms with Crippen molar-refractivity contribution in [1.82, 2.24) is 5.32 Å². The van der Waals surface area contributed by atoms with Gasteiger partial charge in [-0.15, -0.1) is 0 Å². The van der Waals surface area contributed by atoms with Crippen molar-refractivity contribution in [3.05, 3.63) is 0 Å². The second-order valence-electron chi connectivity index (χ2n) is 5.29. The van der Waals surface area contributed by atoms with Gasteiger partial charge in [0, 0.05) is 11.8 Å². The Bertz CT molecular complexity index is 333. The highest BCUT2D eigenvalue weighted by molar-refractivity contribution is 5.81. The van der Waals surface area contributed by atoms with Gasteiger partial charge < -0.3 is 15.5 Å². The summed E-state index contributed by atoms with van der Waals surface area (Å²) in [7, 11) is 1.61. The van der Waals surface area contributed by atoms with Crippen molar-refractivity contribution in [1.29, 1.82) is 0 Å². The molecule has 0 amide bonds. The van der Waals surface area contributed by atoms with Gasteiger partial charge in [-0.05, 0) is 18.9 Å². The number of carboxylic acids is 1. The van der Waals surface area contributed by atoms with Gasteiger partial charge in [0.15, 0.2) is 0 Å². The van der Waals surface area contributed by atoms with E-state index in [2.05, 4.69) is 5.32 Å². The van der Waals surface area contributed by atoms with E-state index in [1.807, 2.05) is 13.8 Å². The lowest BCUT2D eigenvalue weighted by molar-refractivity contribution is -0.146. The predicted molar refractivity (Wildman–Crippen MR) is 58.4 cm³/mol. The molecule has 0 bridgehead atoms. The maximum absolute atomic E-state index is 13.5. The molecule has 0 aliphatic heterocycles. The molecule has 2 aliphatic rings. The molecule has 4 atom stereocenters. The van der Waals surface area contributed by atoms with E-state index in [4.69, 9.17) is 9.90 Å². The Kier molecular flexibility index (Phi) is 3.47. The standard InChI is InChI=1S/C10H16FNO2.CH2O2/c1-9(2)4-10(12-3,8(13)14)6-5(9)7(6)11;2-1-3/h5-7,12H,4H2,1-3H3,(H,13,14);1H,(H,2,3). The zero-order valence-corrected chi connectivity index (χ0v) is 10.1. The minimum absolute atomic E-state index is 0.0777. The highest BCUT2D eigenvalue weighted by atomic mass is 19.1. The molecule has 0 radical (unpaired) electrons. The molecule has 3 N–H and O–H groups in total. The second kappa shape index (κ2) is 4.25. The first-order valence-corrected chi connectivity index (χ1v) is 5.42. The van der Waals surface area contributed by atoms with Crippen LogP contribution in [0, 0.1) is 17.3 Å². The van der Waals surface area contributed by atoms with E-state index in [9.17, 15) is 14.3 Å².